The minimum Gasteiger partial charge on any atom is -0.462 e. The number of amides is 1. The Kier molecular flexibility index (Phi) is 12.6. The molecule has 228 valence electrons. The minimum atomic E-state index is -4.56. The van der Waals surface area contributed by atoms with Crippen LogP contribution in [0.5, 0.6) is 0 Å². The average molecular weight is 620 g/mol. The molecule has 0 saturated heterocycles. The molecule has 0 aromatic heterocycles. The second kappa shape index (κ2) is 15.0. The lowest BCUT2D eigenvalue weighted by Crippen LogP contribution is -2.42. The molecule has 1 aliphatic carbocycles. The number of sulfonamides is 1. The highest BCUT2D eigenvalue weighted by Crippen LogP contribution is 2.30. The van der Waals surface area contributed by atoms with Crippen molar-refractivity contribution in [2.75, 3.05) is 6.61 Å². The molecule has 13 heteroatoms. The van der Waals surface area contributed by atoms with Gasteiger partial charge < -0.3 is 15.8 Å². The smallest absolute Gasteiger partial charge is 0.416 e. The SMILES string of the molecule is CC(C)C[C@H](N)C(=O)OC[C@@H](NC(=O)[C@H]1CC[C@H](NS(=O)(=O)c2ccc(C(F)(F)F)cc2)CC1)c1ccccc1.Cl. The number of hydrogen-bond donors (Lipinski definition) is 3. The summed E-state index contributed by atoms with van der Waals surface area (Å²) >= 11 is 0. The van der Waals surface area contributed by atoms with E-state index < -0.39 is 45.9 Å². The molecule has 4 N–H and O–H groups in total. The summed E-state index contributed by atoms with van der Waals surface area (Å²) in [5.41, 5.74) is 5.76. The Labute approximate surface area is 245 Å². The molecule has 8 nitrogen and oxygen atoms in total. The standard InChI is InChI=1S/C28H36F3N3O5S.ClH/c1-18(2)16-24(32)27(36)39-17-25(19-6-4-3-5-7-19)33-26(35)20-8-12-22(13-9-20)34-40(37,38)23-14-10-21(11-15-23)28(29,30)31;/h3-7,10-11,14-15,18,20,22,24-25,34H,8-9,12-13,16-17,32H2,1-2H3,(H,33,35);1H/t20-,22-,24-,25+;/m0./s1. The molecular weight excluding hydrogens is 583 g/mol. The van der Waals surface area contributed by atoms with E-state index in [1.807, 2.05) is 44.2 Å². The fourth-order valence-corrected chi connectivity index (χ4v) is 5.96. The maximum atomic E-state index is 13.1. The Morgan fingerprint density at radius 3 is 2.12 bits per heavy atom. The number of carbonyl (C=O) groups excluding carboxylic acids is 2. The van der Waals surface area contributed by atoms with E-state index in [4.69, 9.17) is 10.5 Å². The van der Waals surface area contributed by atoms with Crippen LogP contribution in [0.2, 0.25) is 0 Å². The highest BCUT2D eigenvalue weighted by molar-refractivity contribution is 7.89. The van der Waals surface area contributed by atoms with Crippen LogP contribution in [0, 0.1) is 11.8 Å². The molecular formula is C28H37ClF3N3O5S. The van der Waals surface area contributed by atoms with Crippen molar-refractivity contribution in [2.45, 2.75) is 75.1 Å². The van der Waals surface area contributed by atoms with E-state index in [0.717, 1.165) is 29.8 Å². The van der Waals surface area contributed by atoms with Gasteiger partial charge in [0.05, 0.1) is 16.5 Å². The molecule has 0 bridgehead atoms. The van der Waals surface area contributed by atoms with Crippen molar-refractivity contribution in [3.8, 4) is 0 Å². The van der Waals surface area contributed by atoms with E-state index in [2.05, 4.69) is 10.0 Å². The summed E-state index contributed by atoms with van der Waals surface area (Å²) in [4.78, 5) is 25.2. The van der Waals surface area contributed by atoms with E-state index >= 15 is 0 Å². The first-order chi connectivity index (χ1) is 18.8. The van der Waals surface area contributed by atoms with Gasteiger partial charge in [-0.25, -0.2) is 13.1 Å². The Hall–Kier alpha value is -2.67. The number of halogens is 4. The predicted molar refractivity (Wildman–Crippen MR) is 150 cm³/mol. The number of nitrogens with one attached hydrogen (secondary N) is 2. The van der Waals surface area contributed by atoms with Crippen LogP contribution in [-0.4, -0.2) is 39.0 Å². The number of rotatable bonds is 11. The van der Waals surface area contributed by atoms with Crippen LogP contribution in [0.1, 0.15) is 63.1 Å². The predicted octanol–water partition coefficient (Wildman–Crippen LogP) is 4.74. The van der Waals surface area contributed by atoms with Crippen LogP contribution in [0.25, 0.3) is 0 Å². The third-order valence-electron chi connectivity index (χ3n) is 6.85. The monoisotopic (exact) mass is 619 g/mol. The van der Waals surface area contributed by atoms with Crippen molar-refractivity contribution in [1.82, 2.24) is 10.0 Å². The highest BCUT2D eigenvalue weighted by Gasteiger charge is 2.33. The molecule has 1 fully saturated rings. The number of hydrogen-bond acceptors (Lipinski definition) is 6. The van der Waals surface area contributed by atoms with E-state index in [1.54, 1.807) is 0 Å². The first-order valence-electron chi connectivity index (χ1n) is 13.2. The van der Waals surface area contributed by atoms with E-state index in [9.17, 15) is 31.2 Å². The second-order valence-electron chi connectivity index (χ2n) is 10.5. The largest absolute Gasteiger partial charge is 0.462 e. The van der Waals surface area contributed by atoms with E-state index in [1.165, 1.54) is 0 Å². The van der Waals surface area contributed by atoms with Gasteiger partial charge in [0.25, 0.3) is 0 Å². The maximum Gasteiger partial charge on any atom is 0.416 e. The van der Waals surface area contributed by atoms with Crippen molar-refractivity contribution >= 4 is 34.3 Å². The topological polar surface area (TPSA) is 128 Å². The summed E-state index contributed by atoms with van der Waals surface area (Å²) in [6.07, 6.45) is -2.50. The number of benzene rings is 2. The Morgan fingerprint density at radius 1 is 1.00 bits per heavy atom. The minimum absolute atomic E-state index is 0. The van der Waals surface area contributed by atoms with Crippen LogP contribution in [0.15, 0.2) is 59.5 Å². The second-order valence-corrected chi connectivity index (χ2v) is 12.2. The van der Waals surface area contributed by atoms with Crippen molar-refractivity contribution in [3.05, 3.63) is 65.7 Å². The highest BCUT2D eigenvalue weighted by atomic mass is 35.5. The van der Waals surface area contributed by atoms with Gasteiger partial charge >= 0.3 is 12.1 Å². The molecule has 0 heterocycles. The van der Waals surface area contributed by atoms with E-state index in [0.29, 0.717) is 32.1 Å². The van der Waals surface area contributed by atoms with Crippen LogP contribution in [0.4, 0.5) is 13.2 Å². The van der Waals surface area contributed by atoms with Gasteiger partial charge in [-0.2, -0.15) is 13.2 Å². The summed E-state index contributed by atoms with van der Waals surface area (Å²) < 4.78 is 71.7. The Bertz CT molecular complexity index is 1240. The quantitative estimate of drug-likeness (QED) is 0.312. The summed E-state index contributed by atoms with van der Waals surface area (Å²) in [6, 6.07) is 10.6. The fraction of sp³-hybridized carbons (Fsp3) is 0.500. The van der Waals surface area contributed by atoms with Gasteiger partial charge in [0.2, 0.25) is 15.9 Å². The van der Waals surface area contributed by atoms with Crippen LogP contribution in [0.3, 0.4) is 0 Å². The van der Waals surface area contributed by atoms with Crippen molar-refractivity contribution < 1.29 is 35.9 Å². The van der Waals surface area contributed by atoms with Gasteiger partial charge in [-0.3, -0.25) is 9.59 Å². The number of nitrogens with two attached hydrogens (primary N) is 1. The van der Waals surface area contributed by atoms with Gasteiger partial charge in [0.15, 0.2) is 0 Å². The molecule has 0 unspecified atom stereocenters. The summed E-state index contributed by atoms with van der Waals surface area (Å²) in [5.74, 6) is -0.927. The lowest BCUT2D eigenvalue weighted by molar-refractivity contribution is -0.147. The molecule has 1 amide bonds. The Morgan fingerprint density at radius 2 is 1.59 bits per heavy atom. The lowest BCUT2D eigenvalue weighted by Gasteiger charge is -2.30. The van der Waals surface area contributed by atoms with Gasteiger partial charge in [-0.15, -0.1) is 12.4 Å². The third-order valence-corrected chi connectivity index (χ3v) is 8.39. The molecule has 0 spiro atoms. The number of ether oxygens (including phenoxy) is 1. The molecule has 0 aliphatic heterocycles. The summed E-state index contributed by atoms with van der Waals surface area (Å²) in [6.45, 7) is 3.83. The molecule has 0 radical (unpaired) electrons. The van der Waals surface area contributed by atoms with Crippen molar-refractivity contribution in [1.29, 1.82) is 0 Å². The lowest BCUT2D eigenvalue weighted by atomic mass is 9.85. The molecule has 41 heavy (non-hydrogen) atoms. The molecule has 2 aromatic carbocycles. The van der Waals surface area contributed by atoms with Crippen molar-refractivity contribution in [2.24, 2.45) is 17.6 Å². The zero-order chi connectivity index (χ0) is 29.5. The van der Waals surface area contributed by atoms with Gasteiger partial charge in [-0.1, -0.05) is 44.2 Å². The van der Waals surface area contributed by atoms with E-state index in [-0.39, 0.29) is 41.7 Å². The zero-order valence-corrected chi connectivity index (χ0v) is 24.5. The number of alkyl halides is 3. The average Bonchev–Trinajstić information content (AvgIpc) is 2.90. The normalized spacial score (nSPS) is 19.1. The number of esters is 1. The first kappa shape index (κ1) is 34.5. The summed E-state index contributed by atoms with van der Waals surface area (Å²) in [7, 11) is -4.02. The molecule has 2 atom stereocenters. The van der Waals surface area contributed by atoms with Gasteiger partial charge in [-0.05, 0) is 67.9 Å². The molecule has 1 aliphatic rings. The van der Waals surface area contributed by atoms with Gasteiger partial charge in [0.1, 0.15) is 12.6 Å². The van der Waals surface area contributed by atoms with Crippen LogP contribution in [-0.2, 0) is 30.5 Å². The van der Waals surface area contributed by atoms with Crippen LogP contribution >= 0.6 is 12.4 Å². The molecule has 3 rings (SSSR count). The maximum absolute atomic E-state index is 13.1. The van der Waals surface area contributed by atoms with Gasteiger partial charge in [0, 0.05) is 12.0 Å². The Balaban J connectivity index is 0.00000588. The fourth-order valence-electron chi connectivity index (χ4n) is 4.66. The zero-order valence-electron chi connectivity index (χ0n) is 22.9. The summed E-state index contributed by atoms with van der Waals surface area (Å²) in [5, 5.41) is 2.96. The first-order valence-corrected chi connectivity index (χ1v) is 14.7. The van der Waals surface area contributed by atoms with Crippen molar-refractivity contribution in [3.63, 3.8) is 0 Å². The van der Waals surface area contributed by atoms with Crippen LogP contribution < -0.4 is 15.8 Å². The number of carbonyl (C=O) groups is 2. The molecule has 2 aromatic rings. The molecule has 1 saturated carbocycles. The third kappa shape index (κ3) is 10.3.